The van der Waals surface area contributed by atoms with Gasteiger partial charge in [-0.1, -0.05) is 0 Å². The third-order valence-electron chi connectivity index (χ3n) is 7.45. The number of amides is 1. The van der Waals surface area contributed by atoms with E-state index >= 15 is 4.39 Å². The highest BCUT2D eigenvalue weighted by atomic mass is 19.1. The van der Waals surface area contributed by atoms with E-state index in [1.807, 2.05) is 30.5 Å². The zero-order valence-electron chi connectivity index (χ0n) is 22.1. The maximum absolute atomic E-state index is 15.2. The van der Waals surface area contributed by atoms with Crippen molar-refractivity contribution in [3.63, 3.8) is 0 Å². The van der Waals surface area contributed by atoms with Crippen molar-refractivity contribution < 1.29 is 19.0 Å². The number of hydrogen-bond acceptors (Lipinski definition) is 8. The summed E-state index contributed by atoms with van der Waals surface area (Å²) < 4.78 is 23.8. The Morgan fingerprint density at radius 2 is 2.07 bits per heavy atom. The van der Waals surface area contributed by atoms with Gasteiger partial charge in [-0.25, -0.2) is 9.18 Å². The van der Waals surface area contributed by atoms with Crippen molar-refractivity contribution in [1.82, 2.24) is 29.0 Å². The molecule has 0 radical (unpaired) electrons. The van der Waals surface area contributed by atoms with Crippen molar-refractivity contribution >= 4 is 45.4 Å². The molecule has 5 aromatic rings. The van der Waals surface area contributed by atoms with E-state index in [2.05, 4.69) is 20.3 Å². The summed E-state index contributed by atoms with van der Waals surface area (Å²) in [6, 6.07) is 11.2. The minimum atomic E-state index is -0.707. The molecule has 2 aromatic carbocycles. The average molecular weight is 569 g/mol. The second kappa shape index (κ2) is 9.89. The Hall–Kier alpha value is -5.43. The van der Waals surface area contributed by atoms with E-state index in [4.69, 9.17) is 10.5 Å². The number of nitrogens with two attached hydrogens (primary N) is 1. The molecule has 2 aliphatic rings. The summed E-state index contributed by atoms with van der Waals surface area (Å²) in [5.74, 6) is -1.05. The first-order chi connectivity index (χ1) is 20.4. The molecular weight excluding hydrogens is 543 g/mol. The molecule has 42 heavy (non-hydrogen) atoms. The van der Waals surface area contributed by atoms with E-state index in [9.17, 15) is 14.7 Å². The second-order valence-electron chi connectivity index (χ2n) is 10.1. The lowest BCUT2D eigenvalue weighted by Gasteiger charge is -2.19. The van der Waals surface area contributed by atoms with Gasteiger partial charge in [0, 0.05) is 42.0 Å². The lowest BCUT2D eigenvalue weighted by molar-refractivity contribution is 0.0831. The van der Waals surface area contributed by atoms with Gasteiger partial charge in [0.25, 0.3) is 5.91 Å². The summed E-state index contributed by atoms with van der Waals surface area (Å²) >= 11 is 0. The molecule has 7 rings (SSSR count). The van der Waals surface area contributed by atoms with Crippen LogP contribution in [-0.4, -0.2) is 59.8 Å². The fraction of sp³-hybridized carbons (Fsp3) is 0.172. The highest BCUT2D eigenvalue weighted by Gasteiger charge is 2.28. The van der Waals surface area contributed by atoms with Crippen LogP contribution in [-0.2, 0) is 4.74 Å². The summed E-state index contributed by atoms with van der Waals surface area (Å²) in [7, 11) is 0. The number of nitrogens with zero attached hydrogens (tertiary/aromatic N) is 5. The van der Waals surface area contributed by atoms with E-state index in [1.165, 1.54) is 40.0 Å². The molecule has 1 unspecified atom stereocenters. The lowest BCUT2D eigenvalue weighted by Crippen LogP contribution is -2.27. The van der Waals surface area contributed by atoms with Crippen molar-refractivity contribution in [3.8, 4) is 5.69 Å². The first kappa shape index (κ1) is 25.5. The van der Waals surface area contributed by atoms with Crippen LogP contribution < -0.4 is 16.7 Å². The number of carbonyl (C=O) groups excluding carboxylic acids is 1. The molecule has 3 aromatic heterocycles. The molecule has 0 saturated carbocycles. The number of ether oxygens (including phenoxy) is 1. The Kier molecular flexibility index (Phi) is 6.01. The number of nitrogens with one attached hydrogen (secondary N) is 2. The molecule has 13 heteroatoms. The van der Waals surface area contributed by atoms with Crippen molar-refractivity contribution in [2.75, 3.05) is 30.8 Å². The Bertz CT molecular complexity index is 2000. The van der Waals surface area contributed by atoms with Crippen LogP contribution in [0.4, 0.5) is 21.8 Å². The molecule has 1 fully saturated rings. The van der Waals surface area contributed by atoms with Gasteiger partial charge in [-0.2, -0.15) is 9.97 Å². The predicted molar refractivity (Wildman–Crippen MR) is 154 cm³/mol. The van der Waals surface area contributed by atoms with Gasteiger partial charge in [0.2, 0.25) is 5.95 Å². The van der Waals surface area contributed by atoms with Gasteiger partial charge >= 0.3 is 5.69 Å². The number of anilines is 3. The lowest BCUT2D eigenvalue weighted by atomic mass is 10.1. The van der Waals surface area contributed by atoms with Crippen LogP contribution in [0.3, 0.4) is 0 Å². The highest BCUT2D eigenvalue weighted by Crippen LogP contribution is 2.30. The van der Waals surface area contributed by atoms with Gasteiger partial charge in [-0.05, 0) is 61.0 Å². The quantitative estimate of drug-likeness (QED) is 0.249. The molecule has 0 spiro atoms. The van der Waals surface area contributed by atoms with Gasteiger partial charge < -0.3 is 30.8 Å². The maximum atomic E-state index is 15.2. The smallest absolute Gasteiger partial charge is 0.335 e. The van der Waals surface area contributed by atoms with Crippen LogP contribution >= 0.6 is 0 Å². The largest absolute Gasteiger partial charge is 0.508 e. The third kappa shape index (κ3) is 4.27. The van der Waals surface area contributed by atoms with Gasteiger partial charge in [0.05, 0.1) is 24.0 Å². The third-order valence-corrected chi connectivity index (χ3v) is 7.45. The van der Waals surface area contributed by atoms with Crippen molar-refractivity contribution in [2.45, 2.75) is 12.5 Å². The highest BCUT2D eigenvalue weighted by molar-refractivity contribution is 5.95. The number of H-pyrrole nitrogens is 1. The number of aliphatic hydroxyl groups is 1. The Morgan fingerprint density at radius 1 is 1.19 bits per heavy atom. The molecule has 5 heterocycles. The van der Waals surface area contributed by atoms with E-state index in [1.54, 1.807) is 4.57 Å². The number of allylic oxidation sites excluding steroid dienone is 1. The number of rotatable bonds is 5. The number of fused-ring (bicyclic) bond motifs is 2. The van der Waals surface area contributed by atoms with Crippen LogP contribution in [0, 0.1) is 5.82 Å². The molecular formula is C29H25FN8O4. The Balaban J connectivity index is 1.27. The maximum Gasteiger partial charge on any atom is 0.335 e. The molecule has 0 bridgehead atoms. The van der Waals surface area contributed by atoms with Crippen LogP contribution in [0.25, 0.3) is 27.8 Å². The predicted octanol–water partition coefficient (Wildman–Crippen LogP) is 3.90. The monoisotopic (exact) mass is 568 g/mol. The van der Waals surface area contributed by atoms with Crippen LogP contribution in [0.1, 0.15) is 22.8 Å². The number of nitrogen functional groups attached to an aromatic ring is 1. The minimum absolute atomic E-state index is 0.0107. The SMILES string of the molecule is Nc1nc(Nc2ccc(C(=O)N3C=CC(O)=CC3)cc2F)nc2c1n(-c1ccc3[nH]ccc3c1)c(=O)n2C1CCOC1. The molecule has 212 valence electrons. The van der Waals surface area contributed by atoms with E-state index in [-0.39, 0.29) is 47.1 Å². The Labute approximate surface area is 237 Å². The number of aromatic amines is 1. The molecule has 12 nitrogen and oxygen atoms in total. The number of halogens is 1. The van der Waals surface area contributed by atoms with Crippen LogP contribution in [0.5, 0.6) is 0 Å². The fourth-order valence-electron chi connectivity index (χ4n) is 5.34. The standard InChI is InChI=1S/C29H25FN8O4/c30-21-14-17(27(40)36-10-6-20(39)7-11-36)1-3-23(21)33-28-34-25(31)24-26(35-28)38(19-8-12-42-15-19)29(41)37(24)18-2-4-22-16(13-18)5-9-32-22/h1-7,9-10,13-14,19,32,39H,8,11-12,15H2,(H3,31,33,34,35). The normalized spacial score (nSPS) is 16.8. The number of imidazole rings is 1. The first-order valence-electron chi connectivity index (χ1n) is 13.3. The fourth-order valence-corrected chi connectivity index (χ4v) is 5.34. The van der Waals surface area contributed by atoms with E-state index < -0.39 is 11.7 Å². The zero-order chi connectivity index (χ0) is 29.0. The first-order valence-corrected chi connectivity index (χ1v) is 13.3. The van der Waals surface area contributed by atoms with E-state index in [0.29, 0.717) is 36.5 Å². The zero-order valence-corrected chi connectivity index (χ0v) is 22.1. The summed E-state index contributed by atoms with van der Waals surface area (Å²) in [6.07, 6.45) is 6.74. The van der Waals surface area contributed by atoms with Crippen LogP contribution in [0.2, 0.25) is 0 Å². The minimum Gasteiger partial charge on any atom is -0.508 e. The number of aliphatic hydroxyl groups excluding tert-OH is 1. The molecule has 1 amide bonds. The molecule has 5 N–H and O–H groups in total. The Morgan fingerprint density at radius 3 is 2.83 bits per heavy atom. The number of benzene rings is 2. The van der Waals surface area contributed by atoms with Gasteiger partial charge in [0.1, 0.15) is 17.1 Å². The number of carbonyl (C=O) groups is 1. The summed E-state index contributed by atoms with van der Waals surface area (Å²) in [4.78, 5) is 40.1. The second-order valence-corrected chi connectivity index (χ2v) is 10.1. The van der Waals surface area contributed by atoms with E-state index in [0.717, 1.165) is 17.0 Å². The van der Waals surface area contributed by atoms with Crippen molar-refractivity contribution in [1.29, 1.82) is 0 Å². The summed E-state index contributed by atoms with van der Waals surface area (Å²) in [5.41, 5.74) is 8.41. The average Bonchev–Trinajstić information content (AvgIpc) is 3.73. The van der Waals surface area contributed by atoms with Gasteiger partial charge in [-0.3, -0.25) is 13.9 Å². The number of hydrogen-bond donors (Lipinski definition) is 4. The summed E-state index contributed by atoms with van der Waals surface area (Å²) in [5, 5.41) is 13.3. The van der Waals surface area contributed by atoms with Gasteiger partial charge in [-0.15, -0.1) is 0 Å². The van der Waals surface area contributed by atoms with Crippen molar-refractivity contribution in [3.05, 3.63) is 94.6 Å². The van der Waals surface area contributed by atoms with Crippen molar-refractivity contribution in [2.24, 2.45) is 0 Å². The molecule has 1 saturated heterocycles. The molecule has 1 atom stereocenters. The van der Waals surface area contributed by atoms with Gasteiger partial charge in [0.15, 0.2) is 11.5 Å². The molecule has 0 aliphatic carbocycles. The van der Waals surface area contributed by atoms with Crippen LogP contribution in [0.15, 0.2) is 77.6 Å². The molecule has 2 aliphatic heterocycles. The topological polar surface area (TPSA) is 156 Å². The number of aromatic nitrogens is 5. The summed E-state index contributed by atoms with van der Waals surface area (Å²) in [6.45, 7) is 1.02.